The Bertz CT molecular complexity index is 778. The zero-order chi connectivity index (χ0) is 14.8. The van der Waals surface area contributed by atoms with Gasteiger partial charge in [-0.2, -0.15) is 0 Å². The van der Waals surface area contributed by atoms with Gasteiger partial charge < -0.3 is 11.1 Å². The Morgan fingerprint density at radius 1 is 1.05 bits per heavy atom. The molecule has 0 saturated carbocycles. The summed E-state index contributed by atoms with van der Waals surface area (Å²) in [5.74, 6) is 0.511. The Kier molecular flexibility index (Phi) is 3.48. The number of aromatic nitrogens is 1. The van der Waals surface area contributed by atoms with E-state index in [0.717, 1.165) is 27.8 Å². The van der Waals surface area contributed by atoms with Crippen LogP contribution in [0.3, 0.4) is 0 Å². The van der Waals surface area contributed by atoms with E-state index in [-0.39, 0.29) is 0 Å². The number of pyridine rings is 1. The summed E-state index contributed by atoms with van der Waals surface area (Å²) in [6.07, 6.45) is 3.61. The van der Waals surface area contributed by atoms with Gasteiger partial charge >= 0.3 is 0 Å². The average Bonchev–Trinajstić information content (AvgIpc) is 2.51. The maximum absolute atomic E-state index is 6.03. The molecule has 0 atom stereocenters. The molecule has 3 rings (SSSR count). The topological polar surface area (TPSA) is 50.9 Å². The standard InChI is InChI=1S/C18H19N3/c1-12(2)13-4-3-5-14(10-13)21-18-7-6-17(19)15-8-9-20-11-16(15)18/h3-12,21H,19H2,1-2H3. The highest BCUT2D eigenvalue weighted by Crippen LogP contribution is 2.30. The van der Waals surface area contributed by atoms with Crippen molar-refractivity contribution in [1.82, 2.24) is 4.98 Å². The largest absolute Gasteiger partial charge is 0.398 e. The summed E-state index contributed by atoms with van der Waals surface area (Å²) >= 11 is 0. The Hall–Kier alpha value is -2.55. The van der Waals surface area contributed by atoms with Gasteiger partial charge in [0.25, 0.3) is 0 Å². The minimum atomic E-state index is 0.511. The van der Waals surface area contributed by atoms with Crippen LogP contribution in [-0.2, 0) is 0 Å². The summed E-state index contributed by atoms with van der Waals surface area (Å²) in [6, 6.07) is 14.4. The molecule has 0 fully saturated rings. The van der Waals surface area contributed by atoms with Gasteiger partial charge in [-0.25, -0.2) is 0 Å². The van der Waals surface area contributed by atoms with E-state index in [2.05, 4.69) is 48.4 Å². The van der Waals surface area contributed by atoms with E-state index in [9.17, 15) is 0 Å². The van der Waals surface area contributed by atoms with E-state index in [4.69, 9.17) is 5.73 Å². The van der Waals surface area contributed by atoms with Crippen molar-refractivity contribution in [3.8, 4) is 0 Å². The van der Waals surface area contributed by atoms with Crippen molar-refractivity contribution in [2.75, 3.05) is 11.1 Å². The van der Waals surface area contributed by atoms with Crippen LogP contribution in [-0.4, -0.2) is 4.98 Å². The molecule has 21 heavy (non-hydrogen) atoms. The summed E-state index contributed by atoms with van der Waals surface area (Å²) in [5.41, 5.74) is 10.2. The van der Waals surface area contributed by atoms with Crippen molar-refractivity contribution in [2.45, 2.75) is 19.8 Å². The van der Waals surface area contributed by atoms with E-state index in [0.29, 0.717) is 5.92 Å². The lowest BCUT2D eigenvalue weighted by Crippen LogP contribution is -1.96. The molecule has 1 aromatic heterocycles. The highest BCUT2D eigenvalue weighted by molar-refractivity contribution is 6.01. The third kappa shape index (κ3) is 2.68. The minimum Gasteiger partial charge on any atom is -0.398 e. The van der Waals surface area contributed by atoms with Crippen molar-refractivity contribution in [2.24, 2.45) is 0 Å². The molecule has 0 amide bonds. The number of nitrogens with two attached hydrogens (primary N) is 1. The van der Waals surface area contributed by atoms with Crippen LogP contribution in [0.2, 0.25) is 0 Å². The van der Waals surface area contributed by atoms with Gasteiger partial charge in [0, 0.05) is 40.2 Å². The van der Waals surface area contributed by atoms with Crippen molar-refractivity contribution >= 4 is 27.8 Å². The highest BCUT2D eigenvalue weighted by Gasteiger charge is 2.05. The number of hydrogen-bond acceptors (Lipinski definition) is 3. The molecule has 0 radical (unpaired) electrons. The summed E-state index contributed by atoms with van der Waals surface area (Å²) in [7, 11) is 0. The molecule has 0 bridgehead atoms. The first-order chi connectivity index (χ1) is 10.1. The molecule has 0 aliphatic rings. The Morgan fingerprint density at radius 3 is 2.71 bits per heavy atom. The van der Waals surface area contributed by atoms with Gasteiger partial charge in [-0.05, 0) is 41.8 Å². The lowest BCUT2D eigenvalue weighted by atomic mass is 10.0. The molecule has 1 heterocycles. The van der Waals surface area contributed by atoms with Crippen LogP contribution in [0, 0.1) is 0 Å². The van der Waals surface area contributed by atoms with Crippen LogP contribution in [0.15, 0.2) is 54.9 Å². The summed E-state index contributed by atoms with van der Waals surface area (Å²) in [6.45, 7) is 4.39. The first-order valence-corrected chi connectivity index (χ1v) is 7.14. The molecule has 0 saturated heterocycles. The van der Waals surface area contributed by atoms with Crippen molar-refractivity contribution in [3.63, 3.8) is 0 Å². The molecule has 3 nitrogen and oxygen atoms in total. The lowest BCUT2D eigenvalue weighted by Gasteiger charge is -2.13. The zero-order valence-electron chi connectivity index (χ0n) is 12.3. The van der Waals surface area contributed by atoms with Crippen LogP contribution < -0.4 is 11.1 Å². The maximum atomic E-state index is 6.03. The Balaban J connectivity index is 2.02. The predicted molar refractivity (Wildman–Crippen MR) is 90.0 cm³/mol. The van der Waals surface area contributed by atoms with Crippen LogP contribution in [0.4, 0.5) is 17.1 Å². The van der Waals surface area contributed by atoms with Crippen LogP contribution >= 0.6 is 0 Å². The maximum Gasteiger partial charge on any atom is 0.0481 e. The number of rotatable bonds is 3. The van der Waals surface area contributed by atoms with E-state index in [1.807, 2.05) is 24.4 Å². The first kappa shape index (κ1) is 13.4. The number of nitrogen functional groups attached to an aromatic ring is 1. The number of anilines is 3. The molecule has 0 aliphatic heterocycles. The molecular formula is C18H19N3. The van der Waals surface area contributed by atoms with Gasteiger partial charge in [0.2, 0.25) is 0 Å². The molecule has 2 aromatic carbocycles. The fourth-order valence-electron chi connectivity index (χ4n) is 2.45. The van der Waals surface area contributed by atoms with E-state index in [1.165, 1.54) is 5.56 Å². The fraction of sp³-hybridized carbons (Fsp3) is 0.167. The fourth-order valence-corrected chi connectivity index (χ4v) is 2.45. The lowest BCUT2D eigenvalue weighted by molar-refractivity contribution is 0.867. The van der Waals surface area contributed by atoms with E-state index >= 15 is 0 Å². The third-order valence-corrected chi connectivity index (χ3v) is 3.68. The molecule has 0 unspecified atom stereocenters. The van der Waals surface area contributed by atoms with Crippen molar-refractivity contribution in [3.05, 3.63) is 60.4 Å². The number of nitrogens with zero attached hydrogens (tertiary/aromatic N) is 1. The quantitative estimate of drug-likeness (QED) is 0.683. The number of fused-ring (bicyclic) bond motifs is 1. The Morgan fingerprint density at radius 2 is 1.90 bits per heavy atom. The van der Waals surface area contributed by atoms with Gasteiger partial charge in [-0.3, -0.25) is 4.98 Å². The molecule has 3 heteroatoms. The van der Waals surface area contributed by atoms with Gasteiger partial charge in [-0.1, -0.05) is 26.0 Å². The number of benzene rings is 2. The van der Waals surface area contributed by atoms with Gasteiger partial charge in [0.1, 0.15) is 0 Å². The molecular weight excluding hydrogens is 258 g/mol. The van der Waals surface area contributed by atoms with Crippen molar-refractivity contribution in [1.29, 1.82) is 0 Å². The molecule has 106 valence electrons. The van der Waals surface area contributed by atoms with Gasteiger partial charge in [-0.15, -0.1) is 0 Å². The van der Waals surface area contributed by atoms with Crippen LogP contribution in [0.5, 0.6) is 0 Å². The monoisotopic (exact) mass is 277 g/mol. The normalized spacial score (nSPS) is 11.0. The highest BCUT2D eigenvalue weighted by atomic mass is 14.9. The second-order valence-corrected chi connectivity index (χ2v) is 5.53. The Labute approximate surface area is 124 Å². The van der Waals surface area contributed by atoms with Crippen LogP contribution in [0.25, 0.3) is 10.8 Å². The first-order valence-electron chi connectivity index (χ1n) is 7.14. The zero-order valence-corrected chi connectivity index (χ0v) is 12.3. The molecule has 0 aliphatic carbocycles. The van der Waals surface area contributed by atoms with Crippen LogP contribution in [0.1, 0.15) is 25.3 Å². The molecule has 3 aromatic rings. The smallest absolute Gasteiger partial charge is 0.0481 e. The number of nitrogens with one attached hydrogen (secondary N) is 1. The second kappa shape index (κ2) is 5.44. The minimum absolute atomic E-state index is 0.511. The van der Waals surface area contributed by atoms with Gasteiger partial charge in [0.15, 0.2) is 0 Å². The predicted octanol–water partition coefficient (Wildman–Crippen LogP) is 4.68. The van der Waals surface area contributed by atoms with E-state index < -0.39 is 0 Å². The van der Waals surface area contributed by atoms with Gasteiger partial charge in [0.05, 0.1) is 0 Å². The second-order valence-electron chi connectivity index (χ2n) is 5.53. The summed E-state index contributed by atoms with van der Waals surface area (Å²) in [4.78, 5) is 4.21. The van der Waals surface area contributed by atoms with E-state index in [1.54, 1.807) is 6.20 Å². The van der Waals surface area contributed by atoms with Crippen molar-refractivity contribution < 1.29 is 0 Å². The number of hydrogen-bond donors (Lipinski definition) is 2. The molecule has 3 N–H and O–H groups in total. The SMILES string of the molecule is CC(C)c1cccc(Nc2ccc(N)c3ccncc23)c1. The summed E-state index contributed by atoms with van der Waals surface area (Å²) in [5, 5.41) is 5.53. The third-order valence-electron chi connectivity index (χ3n) is 3.68. The molecule has 0 spiro atoms. The average molecular weight is 277 g/mol. The summed E-state index contributed by atoms with van der Waals surface area (Å²) < 4.78 is 0.